The van der Waals surface area contributed by atoms with E-state index in [0.29, 0.717) is 28.4 Å². The fraction of sp³-hybridized carbons (Fsp3) is 0.0800. The predicted molar refractivity (Wildman–Crippen MR) is 123 cm³/mol. The van der Waals surface area contributed by atoms with E-state index in [0.717, 1.165) is 4.90 Å². The van der Waals surface area contributed by atoms with Gasteiger partial charge < -0.3 is 15.4 Å². The van der Waals surface area contributed by atoms with Crippen LogP contribution in [0.2, 0.25) is 0 Å². The number of para-hydroxylation sites is 2. The molecule has 0 aromatic heterocycles. The van der Waals surface area contributed by atoms with E-state index in [9.17, 15) is 14.4 Å². The van der Waals surface area contributed by atoms with Crippen molar-refractivity contribution in [1.82, 2.24) is 0 Å². The molecule has 0 radical (unpaired) electrons. The minimum absolute atomic E-state index is 0.149. The Labute approximate surface area is 185 Å². The highest BCUT2D eigenvalue weighted by molar-refractivity contribution is 6.46. The average molecular weight is 427 g/mol. The molecule has 0 atom stereocenters. The Morgan fingerprint density at radius 3 is 2.09 bits per heavy atom. The van der Waals surface area contributed by atoms with E-state index in [2.05, 4.69) is 10.6 Å². The Bertz CT molecular complexity index is 1220. The Morgan fingerprint density at radius 1 is 0.812 bits per heavy atom. The zero-order valence-corrected chi connectivity index (χ0v) is 17.6. The summed E-state index contributed by atoms with van der Waals surface area (Å²) in [5.74, 6) is -0.600. The van der Waals surface area contributed by atoms with E-state index in [1.165, 1.54) is 14.0 Å². The van der Waals surface area contributed by atoms with Gasteiger partial charge in [0.05, 0.1) is 18.4 Å². The van der Waals surface area contributed by atoms with Crippen molar-refractivity contribution < 1.29 is 19.1 Å². The molecule has 3 amide bonds. The van der Waals surface area contributed by atoms with Gasteiger partial charge in [0.1, 0.15) is 11.4 Å². The molecule has 7 heteroatoms. The smallest absolute Gasteiger partial charge is 0.282 e. The highest BCUT2D eigenvalue weighted by atomic mass is 16.5. The largest absolute Gasteiger partial charge is 0.496 e. The van der Waals surface area contributed by atoms with Gasteiger partial charge in [-0.2, -0.15) is 0 Å². The van der Waals surface area contributed by atoms with Crippen LogP contribution in [0.1, 0.15) is 12.5 Å². The molecule has 1 aliphatic heterocycles. The summed E-state index contributed by atoms with van der Waals surface area (Å²) in [6.45, 7) is 1.43. The topological polar surface area (TPSA) is 87.7 Å². The van der Waals surface area contributed by atoms with Crippen LogP contribution in [-0.2, 0) is 14.4 Å². The van der Waals surface area contributed by atoms with Gasteiger partial charge in [-0.05, 0) is 42.5 Å². The minimum atomic E-state index is -0.465. The van der Waals surface area contributed by atoms with E-state index in [1.807, 2.05) is 6.07 Å². The maximum absolute atomic E-state index is 13.5. The summed E-state index contributed by atoms with van der Waals surface area (Å²) >= 11 is 0. The van der Waals surface area contributed by atoms with Gasteiger partial charge in [0, 0.05) is 23.9 Å². The lowest BCUT2D eigenvalue weighted by Gasteiger charge is -2.15. The highest BCUT2D eigenvalue weighted by Gasteiger charge is 2.41. The SMILES string of the molecule is COc1ccccc1C1=C(Nc2ccc(NC(C)=O)cc2)C(=O)N(c2ccccc2)C1=O. The first-order valence-electron chi connectivity index (χ1n) is 9.95. The lowest BCUT2D eigenvalue weighted by molar-refractivity contribution is -0.120. The molecule has 3 aromatic rings. The Balaban J connectivity index is 1.78. The van der Waals surface area contributed by atoms with Crippen molar-refractivity contribution in [2.45, 2.75) is 6.92 Å². The molecule has 0 aliphatic carbocycles. The second kappa shape index (κ2) is 8.77. The number of anilines is 3. The van der Waals surface area contributed by atoms with E-state index < -0.39 is 11.8 Å². The monoisotopic (exact) mass is 427 g/mol. The zero-order valence-electron chi connectivity index (χ0n) is 17.6. The molecule has 2 N–H and O–H groups in total. The molecule has 0 unspecified atom stereocenters. The fourth-order valence-electron chi connectivity index (χ4n) is 3.54. The fourth-order valence-corrected chi connectivity index (χ4v) is 3.54. The van der Waals surface area contributed by atoms with Gasteiger partial charge in [0.2, 0.25) is 5.91 Å². The van der Waals surface area contributed by atoms with E-state index in [-0.39, 0.29) is 17.2 Å². The van der Waals surface area contributed by atoms with Gasteiger partial charge in [0.25, 0.3) is 11.8 Å². The summed E-state index contributed by atoms with van der Waals surface area (Å²) in [5.41, 5.74) is 2.59. The molecular weight excluding hydrogens is 406 g/mol. The summed E-state index contributed by atoms with van der Waals surface area (Å²) in [6.07, 6.45) is 0. The second-order valence-electron chi connectivity index (χ2n) is 7.12. The molecular formula is C25H21N3O4. The van der Waals surface area contributed by atoms with Crippen LogP contribution in [0.3, 0.4) is 0 Å². The molecule has 0 saturated heterocycles. The first-order valence-corrected chi connectivity index (χ1v) is 9.95. The average Bonchev–Trinajstić information content (AvgIpc) is 3.04. The van der Waals surface area contributed by atoms with Crippen molar-refractivity contribution in [2.24, 2.45) is 0 Å². The molecule has 0 bridgehead atoms. The zero-order chi connectivity index (χ0) is 22.7. The third-order valence-corrected chi connectivity index (χ3v) is 4.95. The first-order chi connectivity index (χ1) is 15.5. The summed E-state index contributed by atoms with van der Waals surface area (Å²) in [5, 5.41) is 5.80. The highest BCUT2D eigenvalue weighted by Crippen LogP contribution is 2.37. The molecule has 32 heavy (non-hydrogen) atoms. The lowest BCUT2D eigenvalue weighted by Crippen LogP contribution is -2.32. The number of ether oxygens (including phenoxy) is 1. The van der Waals surface area contributed by atoms with Gasteiger partial charge in [0.15, 0.2) is 0 Å². The number of hydrogen-bond donors (Lipinski definition) is 2. The van der Waals surface area contributed by atoms with E-state index in [1.54, 1.807) is 72.8 Å². The van der Waals surface area contributed by atoms with Gasteiger partial charge >= 0.3 is 0 Å². The number of carbonyl (C=O) groups excluding carboxylic acids is 3. The van der Waals surface area contributed by atoms with Crippen LogP contribution in [0.5, 0.6) is 5.75 Å². The summed E-state index contributed by atoms with van der Waals surface area (Å²) in [6, 6.07) is 22.7. The number of carbonyl (C=O) groups is 3. The quantitative estimate of drug-likeness (QED) is 0.580. The number of amides is 3. The normalized spacial score (nSPS) is 13.4. The molecule has 1 aliphatic rings. The van der Waals surface area contributed by atoms with Crippen molar-refractivity contribution in [3.63, 3.8) is 0 Å². The van der Waals surface area contributed by atoms with Crippen LogP contribution < -0.4 is 20.3 Å². The Morgan fingerprint density at radius 2 is 1.44 bits per heavy atom. The van der Waals surface area contributed by atoms with Crippen LogP contribution in [0.4, 0.5) is 17.1 Å². The standard InChI is InChI=1S/C25H21N3O4/c1-16(29)26-17-12-14-18(15-13-17)27-23-22(20-10-6-7-11-21(20)32-2)24(30)28(25(23)31)19-8-4-3-5-9-19/h3-15,27H,1-2H3,(H,26,29). The summed E-state index contributed by atoms with van der Waals surface area (Å²) < 4.78 is 5.45. The number of nitrogens with zero attached hydrogens (tertiary/aromatic N) is 1. The first kappa shape index (κ1) is 20.9. The number of imide groups is 1. The van der Waals surface area contributed by atoms with Crippen LogP contribution in [0, 0.1) is 0 Å². The number of nitrogens with one attached hydrogen (secondary N) is 2. The van der Waals surface area contributed by atoms with E-state index in [4.69, 9.17) is 4.74 Å². The molecule has 3 aromatic carbocycles. The number of rotatable bonds is 6. The van der Waals surface area contributed by atoms with Crippen molar-refractivity contribution in [3.05, 3.63) is 90.1 Å². The third kappa shape index (κ3) is 3.96. The van der Waals surface area contributed by atoms with Crippen LogP contribution in [-0.4, -0.2) is 24.8 Å². The van der Waals surface area contributed by atoms with Crippen LogP contribution in [0.15, 0.2) is 84.6 Å². The number of methoxy groups -OCH3 is 1. The predicted octanol–water partition coefficient (Wildman–Crippen LogP) is 4.05. The summed E-state index contributed by atoms with van der Waals surface area (Å²) in [7, 11) is 1.52. The van der Waals surface area contributed by atoms with Gasteiger partial charge in [-0.1, -0.05) is 36.4 Å². The molecule has 0 fully saturated rings. The molecule has 1 heterocycles. The molecule has 160 valence electrons. The molecule has 0 saturated carbocycles. The van der Waals surface area contributed by atoms with Crippen molar-refractivity contribution in [1.29, 1.82) is 0 Å². The van der Waals surface area contributed by atoms with Crippen molar-refractivity contribution in [3.8, 4) is 5.75 Å². The molecule has 4 rings (SSSR count). The maximum atomic E-state index is 13.5. The minimum Gasteiger partial charge on any atom is -0.496 e. The van der Waals surface area contributed by atoms with E-state index >= 15 is 0 Å². The second-order valence-corrected chi connectivity index (χ2v) is 7.12. The Hall–Kier alpha value is -4.39. The van der Waals surface area contributed by atoms with Gasteiger partial charge in [-0.15, -0.1) is 0 Å². The summed E-state index contributed by atoms with van der Waals surface area (Å²) in [4.78, 5) is 39.3. The number of hydrogen-bond acceptors (Lipinski definition) is 5. The maximum Gasteiger partial charge on any atom is 0.282 e. The van der Waals surface area contributed by atoms with Crippen LogP contribution >= 0.6 is 0 Å². The van der Waals surface area contributed by atoms with Crippen molar-refractivity contribution >= 4 is 40.4 Å². The third-order valence-electron chi connectivity index (χ3n) is 4.95. The lowest BCUT2D eigenvalue weighted by atomic mass is 10.0. The molecule has 0 spiro atoms. The number of benzene rings is 3. The van der Waals surface area contributed by atoms with Crippen LogP contribution in [0.25, 0.3) is 5.57 Å². The van der Waals surface area contributed by atoms with Crippen molar-refractivity contribution in [2.75, 3.05) is 22.6 Å². The Kier molecular flexibility index (Phi) is 5.72. The van der Waals surface area contributed by atoms with Gasteiger partial charge in [-0.25, -0.2) is 4.90 Å². The molecule has 7 nitrogen and oxygen atoms in total. The van der Waals surface area contributed by atoms with Gasteiger partial charge in [-0.3, -0.25) is 14.4 Å².